The van der Waals surface area contributed by atoms with E-state index < -0.39 is 16.4 Å². The van der Waals surface area contributed by atoms with E-state index in [9.17, 15) is 25.0 Å². The molecule has 1 N–H and O–H groups in total. The number of carbonyl (C=O) groups excluding carboxylic acids is 1. The summed E-state index contributed by atoms with van der Waals surface area (Å²) in [5.41, 5.74) is 1.68. The number of ether oxygens (including phenoxy) is 1. The van der Waals surface area contributed by atoms with Gasteiger partial charge in [0.25, 0.3) is 11.2 Å². The summed E-state index contributed by atoms with van der Waals surface area (Å²) >= 11 is 0. The summed E-state index contributed by atoms with van der Waals surface area (Å²) in [5, 5.41) is 23.6. The molecule has 4 rings (SSSR count). The lowest BCUT2D eigenvalue weighted by Gasteiger charge is -2.20. The number of nitrogens with zero attached hydrogens (tertiary/aromatic N) is 4. The summed E-state index contributed by atoms with van der Waals surface area (Å²) in [4.78, 5) is 35.2. The Morgan fingerprint density at radius 1 is 1.32 bits per heavy atom. The molecule has 2 aromatic heterocycles. The number of pyridine rings is 1. The average molecular weight is 425 g/mol. The summed E-state index contributed by atoms with van der Waals surface area (Å²) in [6, 6.07) is 4.40. The molecule has 1 fully saturated rings. The number of nitriles is 1. The van der Waals surface area contributed by atoms with Crippen molar-refractivity contribution >= 4 is 17.4 Å². The van der Waals surface area contributed by atoms with Gasteiger partial charge in [-0.05, 0) is 44.1 Å². The molecule has 1 atom stereocenters. The fraction of sp³-hybridized carbons (Fsp3) is 0.476. The normalized spacial score (nSPS) is 17.7. The molecule has 3 heterocycles. The first-order valence-electron chi connectivity index (χ1n) is 10.4. The van der Waals surface area contributed by atoms with Crippen LogP contribution in [-0.4, -0.2) is 32.7 Å². The van der Waals surface area contributed by atoms with Crippen LogP contribution in [0.3, 0.4) is 0 Å². The molecule has 1 unspecified atom stereocenters. The Bertz CT molecular complexity index is 1120. The van der Waals surface area contributed by atoms with Crippen LogP contribution >= 0.6 is 0 Å². The number of nitrogens with one attached hydrogen (secondary N) is 1. The smallest absolute Gasteiger partial charge is 0.285 e. The van der Waals surface area contributed by atoms with Crippen LogP contribution in [0.5, 0.6) is 0 Å². The zero-order valence-corrected chi connectivity index (χ0v) is 17.0. The summed E-state index contributed by atoms with van der Waals surface area (Å²) in [5.74, 6) is -0.101. The third-order valence-corrected chi connectivity index (χ3v) is 5.85. The predicted molar refractivity (Wildman–Crippen MR) is 111 cm³/mol. The maximum absolute atomic E-state index is 12.8. The van der Waals surface area contributed by atoms with Crippen LogP contribution in [0.4, 0.5) is 11.5 Å². The quantitative estimate of drug-likeness (QED) is 0.557. The van der Waals surface area contributed by atoms with E-state index in [0.717, 1.165) is 72.7 Å². The Morgan fingerprint density at radius 2 is 2.13 bits per heavy atom. The number of rotatable bonds is 6. The number of carbonyl (C=O) groups is 1. The SMILES string of the molecule is N#Cc1c2c(n(CC3CCCO3)c1NC(=O)Cn1cc([N+](=O)[O-])ccc1=O)CCCC2. The Morgan fingerprint density at radius 3 is 2.84 bits per heavy atom. The van der Waals surface area contributed by atoms with Gasteiger partial charge in [-0.1, -0.05) is 0 Å². The van der Waals surface area contributed by atoms with Crippen molar-refractivity contribution in [1.29, 1.82) is 5.26 Å². The van der Waals surface area contributed by atoms with Gasteiger partial charge in [0.15, 0.2) is 0 Å². The molecule has 0 spiro atoms. The van der Waals surface area contributed by atoms with Gasteiger partial charge in [0.1, 0.15) is 18.4 Å². The van der Waals surface area contributed by atoms with Gasteiger partial charge in [-0.3, -0.25) is 24.3 Å². The zero-order chi connectivity index (χ0) is 22.0. The molecular weight excluding hydrogens is 402 g/mol. The highest BCUT2D eigenvalue weighted by molar-refractivity contribution is 5.91. The minimum absolute atomic E-state index is 0.0278. The average Bonchev–Trinajstić information content (AvgIpc) is 3.36. The van der Waals surface area contributed by atoms with Crippen molar-refractivity contribution in [3.63, 3.8) is 0 Å². The minimum Gasteiger partial charge on any atom is -0.376 e. The summed E-state index contributed by atoms with van der Waals surface area (Å²) in [6.45, 7) is 0.869. The van der Waals surface area contributed by atoms with Gasteiger partial charge in [0.05, 0.1) is 29.3 Å². The molecule has 31 heavy (non-hydrogen) atoms. The largest absolute Gasteiger partial charge is 0.376 e. The van der Waals surface area contributed by atoms with Crippen LogP contribution in [0.25, 0.3) is 0 Å². The molecule has 2 aliphatic rings. The number of fused-ring (bicyclic) bond motifs is 1. The van der Waals surface area contributed by atoms with Crippen molar-refractivity contribution in [3.8, 4) is 6.07 Å². The number of aromatic nitrogens is 2. The predicted octanol–water partition coefficient (Wildman–Crippen LogP) is 2.13. The first-order chi connectivity index (χ1) is 15.0. The lowest BCUT2D eigenvalue weighted by molar-refractivity contribution is -0.385. The van der Waals surface area contributed by atoms with Crippen molar-refractivity contribution < 1.29 is 14.5 Å². The van der Waals surface area contributed by atoms with E-state index in [1.807, 2.05) is 4.57 Å². The number of nitro groups is 1. The molecule has 0 saturated carbocycles. The van der Waals surface area contributed by atoms with Crippen molar-refractivity contribution in [3.05, 3.63) is 55.6 Å². The highest BCUT2D eigenvalue weighted by Gasteiger charge is 2.28. The molecule has 2 aromatic rings. The minimum atomic E-state index is -0.623. The fourth-order valence-electron chi connectivity index (χ4n) is 4.39. The zero-order valence-electron chi connectivity index (χ0n) is 17.0. The molecule has 1 amide bonds. The second-order valence-corrected chi connectivity index (χ2v) is 7.87. The number of hydrogen-bond donors (Lipinski definition) is 1. The van der Waals surface area contributed by atoms with E-state index in [1.54, 1.807) is 0 Å². The highest BCUT2D eigenvalue weighted by atomic mass is 16.6. The van der Waals surface area contributed by atoms with Gasteiger partial charge in [-0.2, -0.15) is 5.26 Å². The second kappa shape index (κ2) is 8.73. The van der Waals surface area contributed by atoms with Gasteiger partial charge in [-0.15, -0.1) is 0 Å². The molecule has 1 saturated heterocycles. The summed E-state index contributed by atoms with van der Waals surface area (Å²) in [7, 11) is 0. The summed E-state index contributed by atoms with van der Waals surface area (Å²) < 4.78 is 8.75. The molecule has 1 aliphatic heterocycles. The van der Waals surface area contributed by atoms with Crippen molar-refractivity contribution in [2.75, 3.05) is 11.9 Å². The number of hydrogen-bond acceptors (Lipinski definition) is 6. The number of amides is 1. The topological polar surface area (TPSA) is 132 Å². The van der Waals surface area contributed by atoms with E-state index in [-0.39, 0.29) is 18.3 Å². The van der Waals surface area contributed by atoms with E-state index in [4.69, 9.17) is 4.74 Å². The van der Waals surface area contributed by atoms with Crippen molar-refractivity contribution in [2.45, 2.75) is 57.7 Å². The van der Waals surface area contributed by atoms with Crippen LogP contribution in [0.15, 0.2) is 23.1 Å². The van der Waals surface area contributed by atoms with Crippen molar-refractivity contribution in [1.82, 2.24) is 9.13 Å². The van der Waals surface area contributed by atoms with E-state index in [0.29, 0.717) is 24.5 Å². The molecule has 0 aromatic carbocycles. The van der Waals surface area contributed by atoms with Crippen LogP contribution in [0, 0.1) is 21.4 Å². The lowest BCUT2D eigenvalue weighted by Crippen LogP contribution is -2.28. The molecular formula is C21H23N5O5. The van der Waals surface area contributed by atoms with Crippen LogP contribution in [0.2, 0.25) is 0 Å². The third-order valence-electron chi connectivity index (χ3n) is 5.85. The molecule has 10 heteroatoms. The standard InChI is InChI=1S/C21H23N5O5/c22-10-17-16-5-1-2-6-18(16)25(12-15-4-3-9-31-15)21(17)23-19(27)13-24-11-14(26(29)30)7-8-20(24)28/h7-8,11,15H,1-6,9,12-13H2,(H,23,27). The first kappa shape index (κ1) is 20.8. The Kier molecular flexibility index (Phi) is 5.86. The number of anilines is 1. The summed E-state index contributed by atoms with van der Waals surface area (Å²) in [6.07, 6.45) is 6.60. The first-order valence-corrected chi connectivity index (χ1v) is 10.4. The lowest BCUT2D eigenvalue weighted by atomic mass is 9.95. The van der Waals surface area contributed by atoms with Crippen molar-refractivity contribution in [2.24, 2.45) is 0 Å². The monoisotopic (exact) mass is 425 g/mol. The van der Waals surface area contributed by atoms with Crippen LogP contribution in [0.1, 0.15) is 42.5 Å². The second-order valence-electron chi connectivity index (χ2n) is 7.87. The highest BCUT2D eigenvalue weighted by Crippen LogP contribution is 2.34. The van der Waals surface area contributed by atoms with Crippen LogP contribution in [-0.2, 0) is 35.5 Å². The van der Waals surface area contributed by atoms with Gasteiger partial charge in [0, 0.05) is 24.4 Å². The van der Waals surface area contributed by atoms with E-state index >= 15 is 0 Å². The fourth-order valence-corrected chi connectivity index (χ4v) is 4.39. The Balaban J connectivity index is 1.64. The van der Waals surface area contributed by atoms with Gasteiger partial charge >= 0.3 is 0 Å². The maximum Gasteiger partial charge on any atom is 0.285 e. The van der Waals surface area contributed by atoms with Gasteiger partial charge in [-0.25, -0.2) is 0 Å². The molecule has 0 radical (unpaired) electrons. The van der Waals surface area contributed by atoms with Gasteiger partial charge in [0.2, 0.25) is 5.91 Å². The molecule has 0 bridgehead atoms. The Labute approximate surface area is 178 Å². The molecule has 162 valence electrons. The molecule has 1 aliphatic carbocycles. The Hall–Kier alpha value is -3.45. The third kappa shape index (κ3) is 4.22. The van der Waals surface area contributed by atoms with E-state index in [2.05, 4.69) is 11.4 Å². The maximum atomic E-state index is 12.8. The van der Waals surface area contributed by atoms with Crippen LogP contribution < -0.4 is 10.9 Å². The molecule has 10 nitrogen and oxygen atoms in total. The van der Waals surface area contributed by atoms with E-state index in [1.165, 1.54) is 0 Å². The van der Waals surface area contributed by atoms with Gasteiger partial charge < -0.3 is 14.6 Å².